The molecule has 0 radical (unpaired) electrons. The third kappa shape index (κ3) is 6.96. The van der Waals surface area contributed by atoms with Crippen LogP contribution in [-0.2, 0) is 21.9 Å². The molecule has 1 spiro atoms. The number of carbonyl (C=O) groups excluding carboxylic acids is 1. The summed E-state index contributed by atoms with van der Waals surface area (Å²) in [6.45, 7) is 10.0. The van der Waals surface area contributed by atoms with Gasteiger partial charge in [0, 0.05) is 35.5 Å². The van der Waals surface area contributed by atoms with Gasteiger partial charge in [-0.05, 0) is 106 Å². The second-order valence-electron chi connectivity index (χ2n) is 13.3. The van der Waals surface area contributed by atoms with E-state index < -0.39 is 32.6 Å². The molecule has 0 saturated heterocycles. The molecule has 1 saturated carbocycles. The second kappa shape index (κ2) is 13.1. The molecule has 1 aliphatic heterocycles. The van der Waals surface area contributed by atoms with Crippen molar-refractivity contribution >= 4 is 33.2 Å². The molecule has 2 aliphatic carbocycles. The number of carbonyl (C=O) groups is 1. The van der Waals surface area contributed by atoms with Gasteiger partial charge in [-0.1, -0.05) is 43.3 Å². The van der Waals surface area contributed by atoms with Gasteiger partial charge in [0.25, 0.3) is 5.91 Å². The Labute approximate surface area is 271 Å². The highest BCUT2D eigenvalue weighted by atomic mass is 35.5. The molecule has 45 heavy (non-hydrogen) atoms. The van der Waals surface area contributed by atoms with E-state index in [0.29, 0.717) is 36.2 Å². The number of aliphatic hydroxyl groups is 1. The third-order valence-corrected chi connectivity index (χ3v) is 11.7. The zero-order valence-corrected chi connectivity index (χ0v) is 27.9. The first kappa shape index (κ1) is 33.5. The molecule has 1 amide bonds. The fourth-order valence-electron chi connectivity index (χ4n) is 7.23. The highest BCUT2D eigenvalue weighted by Gasteiger charge is 2.48. The van der Waals surface area contributed by atoms with Gasteiger partial charge in [0.2, 0.25) is 10.0 Å². The molecule has 1 heterocycles. The van der Waals surface area contributed by atoms with Crippen molar-refractivity contribution in [3.05, 3.63) is 82.7 Å². The normalized spacial score (nSPS) is 24.3. The average Bonchev–Trinajstić information content (AvgIpc) is 3.10. The molecule has 3 aliphatic rings. The number of hydrogen-bond acceptors (Lipinski definition) is 6. The van der Waals surface area contributed by atoms with Crippen molar-refractivity contribution in [2.45, 2.75) is 82.0 Å². The number of fused-ring (bicyclic) bond motifs is 3. The molecule has 10 heteroatoms. The topological polar surface area (TPSA) is 95.9 Å². The summed E-state index contributed by atoms with van der Waals surface area (Å²) in [7, 11) is -3.83. The largest absolute Gasteiger partial charge is 0.490 e. The van der Waals surface area contributed by atoms with Crippen molar-refractivity contribution in [1.82, 2.24) is 4.72 Å². The Bertz CT molecular complexity index is 1590. The number of amides is 1. The lowest BCUT2D eigenvalue weighted by molar-refractivity contribution is -0.0473. The Balaban J connectivity index is 1.54. The minimum Gasteiger partial charge on any atom is -0.490 e. The number of aryl methyl sites for hydroxylation is 1. The SMILES string of the molecule is C=C(F)C[C@](O)(/C=C/CC)[C@@H]1CC[C@H]1CN1C[C@@]2(CCCc3cc(Cl)ccc32)COc2ccc(C(=O)NS(=O)(=O)C(C)C)cc21. The molecule has 4 atom stereocenters. The monoisotopic (exact) mass is 658 g/mol. The number of nitrogens with one attached hydrogen (secondary N) is 1. The van der Waals surface area contributed by atoms with Crippen LogP contribution in [0.15, 0.2) is 61.0 Å². The van der Waals surface area contributed by atoms with Gasteiger partial charge in [0.05, 0.1) is 29.0 Å². The van der Waals surface area contributed by atoms with E-state index in [1.165, 1.54) is 25.0 Å². The van der Waals surface area contributed by atoms with Crippen LogP contribution in [0.1, 0.15) is 80.8 Å². The van der Waals surface area contributed by atoms with Gasteiger partial charge in [-0.25, -0.2) is 17.5 Å². The standard InChI is InChI=1S/C35H44ClFN2O5S/c1-5-6-16-35(41,19-24(4)37)30-12-9-27(30)20-39-21-34(15-7-8-25-17-28(36)11-13-29(25)34)22-44-32-14-10-26(18-31(32)39)33(40)38-45(42,43)23(2)3/h6,10-11,13-14,16-18,23,27,30,41H,4-5,7-9,12,15,19-22H2,1-3H3,(H,38,40)/b16-6+/t27-,30+,34-,35+/m0/s1. The van der Waals surface area contributed by atoms with Gasteiger partial charge < -0.3 is 14.7 Å². The van der Waals surface area contributed by atoms with Crippen LogP contribution in [0.25, 0.3) is 0 Å². The van der Waals surface area contributed by atoms with E-state index in [9.17, 15) is 22.7 Å². The van der Waals surface area contributed by atoms with Crippen molar-refractivity contribution in [1.29, 1.82) is 0 Å². The fraction of sp³-hybridized carbons (Fsp3) is 0.514. The summed E-state index contributed by atoms with van der Waals surface area (Å²) in [6.07, 6.45) is 8.56. The summed E-state index contributed by atoms with van der Waals surface area (Å²) in [5.41, 5.74) is 1.58. The number of nitrogens with zero attached hydrogens (tertiary/aromatic N) is 1. The van der Waals surface area contributed by atoms with Crippen molar-refractivity contribution in [2.75, 3.05) is 24.6 Å². The summed E-state index contributed by atoms with van der Waals surface area (Å²) < 4.78 is 47.9. The van der Waals surface area contributed by atoms with Crippen molar-refractivity contribution in [3.63, 3.8) is 0 Å². The minimum absolute atomic E-state index is 0.0333. The van der Waals surface area contributed by atoms with E-state index in [4.69, 9.17) is 16.3 Å². The molecule has 1 fully saturated rings. The predicted octanol–water partition coefficient (Wildman–Crippen LogP) is 6.88. The second-order valence-corrected chi connectivity index (χ2v) is 15.9. The smallest absolute Gasteiger partial charge is 0.264 e. The summed E-state index contributed by atoms with van der Waals surface area (Å²) in [4.78, 5) is 15.4. The van der Waals surface area contributed by atoms with E-state index in [1.807, 2.05) is 25.1 Å². The van der Waals surface area contributed by atoms with E-state index in [0.717, 1.165) is 38.5 Å². The van der Waals surface area contributed by atoms with Gasteiger partial charge >= 0.3 is 0 Å². The maximum atomic E-state index is 14.2. The molecule has 0 aromatic heterocycles. The molecule has 7 nitrogen and oxygen atoms in total. The first-order chi connectivity index (χ1) is 21.3. The number of rotatable bonds is 10. The molecular formula is C35H44ClFN2O5S. The number of allylic oxidation sites excluding steroid dienone is 1. The van der Waals surface area contributed by atoms with Crippen LogP contribution in [0.5, 0.6) is 5.75 Å². The number of ether oxygens (including phenoxy) is 1. The lowest BCUT2D eigenvalue weighted by Crippen LogP contribution is -2.52. The summed E-state index contributed by atoms with van der Waals surface area (Å²) in [5, 5.41) is 11.6. The van der Waals surface area contributed by atoms with Crippen LogP contribution >= 0.6 is 11.6 Å². The third-order valence-electron chi connectivity index (χ3n) is 9.79. The number of sulfonamides is 1. The van der Waals surface area contributed by atoms with Gasteiger partial charge in [0.1, 0.15) is 5.75 Å². The van der Waals surface area contributed by atoms with E-state index >= 15 is 0 Å². The average molecular weight is 659 g/mol. The first-order valence-corrected chi connectivity index (χ1v) is 17.8. The highest BCUT2D eigenvalue weighted by Crippen LogP contribution is 2.49. The van der Waals surface area contributed by atoms with Crippen molar-refractivity contribution in [2.24, 2.45) is 11.8 Å². The number of hydrogen-bond donors (Lipinski definition) is 2. The molecule has 0 unspecified atom stereocenters. The van der Waals surface area contributed by atoms with Crippen LogP contribution in [0.4, 0.5) is 10.1 Å². The van der Waals surface area contributed by atoms with Crippen LogP contribution in [0, 0.1) is 11.8 Å². The Morgan fingerprint density at radius 2 is 2.07 bits per heavy atom. The first-order valence-electron chi connectivity index (χ1n) is 15.9. The Kier molecular flexibility index (Phi) is 9.74. The lowest BCUT2D eigenvalue weighted by Gasteiger charge is -2.49. The molecule has 2 aromatic carbocycles. The van der Waals surface area contributed by atoms with Crippen LogP contribution in [-0.4, -0.2) is 50.0 Å². The molecule has 2 N–H and O–H groups in total. The Hall–Kier alpha value is -2.88. The summed E-state index contributed by atoms with van der Waals surface area (Å²) in [6, 6.07) is 11.1. The summed E-state index contributed by atoms with van der Waals surface area (Å²) >= 11 is 6.39. The zero-order chi connectivity index (χ0) is 32.6. The predicted molar refractivity (Wildman–Crippen MR) is 177 cm³/mol. The quantitative estimate of drug-likeness (QED) is 0.270. The molecule has 5 rings (SSSR count). The van der Waals surface area contributed by atoms with E-state index in [1.54, 1.807) is 24.3 Å². The van der Waals surface area contributed by atoms with Crippen LogP contribution in [0.2, 0.25) is 5.02 Å². The molecule has 244 valence electrons. The Morgan fingerprint density at radius 3 is 2.73 bits per heavy atom. The Morgan fingerprint density at radius 1 is 1.29 bits per heavy atom. The molecule has 0 bridgehead atoms. The fourth-order valence-corrected chi connectivity index (χ4v) is 8.04. The minimum atomic E-state index is -3.83. The van der Waals surface area contributed by atoms with Crippen molar-refractivity contribution < 1.29 is 27.4 Å². The summed E-state index contributed by atoms with van der Waals surface area (Å²) in [5.74, 6) is -0.807. The maximum absolute atomic E-state index is 14.2. The highest BCUT2D eigenvalue weighted by molar-refractivity contribution is 7.90. The maximum Gasteiger partial charge on any atom is 0.264 e. The van der Waals surface area contributed by atoms with Crippen LogP contribution in [0.3, 0.4) is 0 Å². The van der Waals surface area contributed by atoms with E-state index in [2.05, 4.69) is 22.3 Å². The van der Waals surface area contributed by atoms with E-state index in [-0.39, 0.29) is 29.2 Å². The van der Waals surface area contributed by atoms with Gasteiger partial charge in [0.15, 0.2) is 0 Å². The van der Waals surface area contributed by atoms with Crippen molar-refractivity contribution in [3.8, 4) is 5.75 Å². The number of halogens is 2. The number of anilines is 1. The number of benzene rings is 2. The lowest BCUT2D eigenvalue weighted by atomic mass is 9.63. The van der Waals surface area contributed by atoms with Gasteiger partial charge in [-0.15, -0.1) is 0 Å². The van der Waals surface area contributed by atoms with Crippen LogP contribution < -0.4 is 14.4 Å². The molecular weight excluding hydrogens is 615 g/mol. The zero-order valence-electron chi connectivity index (χ0n) is 26.3. The van der Waals surface area contributed by atoms with Gasteiger partial charge in [-0.3, -0.25) is 4.79 Å². The van der Waals surface area contributed by atoms with Gasteiger partial charge in [-0.2, -0.15) is 0 Å². The molecule has 2 aromatic rings.